The van der Waals surface area contributed by atoms with Crippen LogP contribution in [0, 0.1) is 11.3 Å². The fourth-order valence-electron chi connectivity index (χ4n) is 4.76. The van der Waals surface area contributed by atoms with Gasteiger partial charge in [0.05, 0.1) is 0 Å². The van der Waals surface area contributed by atoms with E-state index in [9.17, 15) is 5.11 Å². The summed E-state index contributed by atoms with van der Waals surface area (Å²) in [4.78, 5) is -0.846. The molecule has 3 unspecified atom stereocenters. The van der Waals surface area contributed by atoms with Crippen LogP contribution in [-0.4, -0.2) is 20.6 Å². The summed E-state index contributed by atoms with van der Waals surface area (Å²) in [6.07, 6.45) is 8.76. The zero-order chi connectivity index (χ0) is 14.6. The van der Waals surface area contributed by atoms with Crippen molar-refractivity contribution >= 4 is 39.5 Å². The minimum absolute atomic E-state index is 0.156. The molecule has 20 heavy (non-hydrogen) atoms. The molecule has 1 nitrogen and oxygen atoms in total. The Morgan fingerprint density at radius 3 is 2.75 bits per heavy atom. The Hall–Kier alpha value is 0.570. The highest BCUT2D eigenvalue weighted by molar-refractivity contribution is 7.81. The molecule has 0 radical (unpaired) electrons. The molecular weight excluding hydrogens is 303 g/mol. The van der Waals surface area contributed by atoms with Gasteiger partial charge in [0.1, 0.15) is 4.93 Å². The van der Waals surface area contributed by atoms with Gasteiger partial charge in [0.15, 0.2) is 0 Å². The molecule has 1 fully saturated rings. The number of thiocarbonyl (C=S) groups is 1. The van der Waals surface area contributed by atoms with E-state index in [2.05, 4.69) is 28.8 Å². The van der Waals surface area contributed by atoms with Gasteiger partial charge in [-0.25, -0.2) is 0 Å². The molecule has 0 aromatic carbocycles. The van der Waals surface area contributed by atoms with E-state index in [-0.39, 0.29) is 10.6 Å². The van der Waals surface area contributed by atoms with Crippen molar-refractivity contribution in [3.63, 3.8) is 0 Å². The number of hydrogen-bond donors (Lipinski definition) is 2. The highest BCUT2D eigenvalue weighted by Crippen LogP contribution is 2.60. The van der Waals surface area contributed by atoms with E-state index < -0.39 is 4.93 Å². The van der Waals surface area contributed by atoms with Gasteiger partial charge in [-0.1, -0.05) is 24.7 Å². The van der Waals surface area contributed by atoms with Crippen molar-refractivity contribution in [3.8, 4) is 0 Å². The van der Waals surface area contributed by atoms with E-state index in [4.69, 9.17) is 12.2 Å². The zero-order valence-corrected chi connectivity index (χ0v) is 15.1. The predicted molar refractivity (Wildman–Crippen MR) is 95.6 cm³/mol. The van der Waals surface area contributed by atoms with E-state index in [0.717, 1.165) is 32.1 Å². The lowest BCUT2D eigenvalue weighted by atomic mass is 9.54. The molecule has 1 saturated carbocycles. The first-order valence-electron chi connectivity index (χ1n) is 7.74. The van der Waals surface area contributed by atoms with Crippen LogP contribution in [0.2, 0.25) is 0 Å². The molecule has 0 heterocycles. The second kappa shape index (κ2) is 5.05. The molecule has 3 rings (SSSR count). The highest BCUT2D eigenvalue weighted by Gasteiger charge is 2.51. The maximum absolute atomic E-state index is 10.6. The monoisotopic (exact) mass is 328 g/mol. The fourth-order valence-corrected chi connectivity index (χ4v) is 5.81. The van der Waals surface area contributed by atoms with E-state index in [1.807, 2.05) is 5.37 Å². The van der Waals surface area contributed by atoms with Crippen molar-refractivity contribution in [2.45, 2.75) is 68.4 Å². The first-order valence-corrected chi connectivity index (χ1v) is 9.23. The van der Waals surface area contributed by atoms with Gasteiger partial charge in [-0.15, -0.1) is 21.9 Å². The van der Waals surface area contributed by atoms with Crippen molar-refractivity contribution in [2.75, 3.05) is 0 Å². The van der Waals surface area contributed by atoms with Gasteiger partial charge in [-0.3, -0.25) is 0 Å². The third-order valence-electron chi connectivity index (χ3n) is 6.10. The van der Waals surface area contributed by atoms with Crippen molar-refractivity contribution in [1.82, 2.24) is 0 Å². The SMILES string of the molecule is CC12CC[C@@](P)(C=S)C[C@H]1CCC1=C2CCCC1(O)S. The summed E-state index contributed by atoms with van der Waals surface area (Å²) < 4.78 is 0. The molecule has 3 aliphatic rings. The smallest absolute Gasteiger partial charge is 0.129 e. The molecule has 5 atom stereocenters. The van der Waals surface area contributed by atoms with Gasteiger partial charge in [-0.05, 0) is 73.6 Å². The lowest BCUT2D eigenvalue weighted by molar-refractivity contribution is 0.0849. The summed E-state index contributed by atoms with van der Waals surface area (Å²) in [6, 6.07) is 0. The second-order valence-corrected chi connectivity index (χ2v) is 9.46. The largest absolute Gasteiger partial charge is 0.376 e. The Bertz CT molecular complexity index is 473. The molecule has 0 bridgehead atoms. The molecule has 3 aliphatic carbocycles. The highest BCUT2D eigenvalue weighted by atomic mass is 32.1. The van der Waals surface area contributed by atoms with Crippen molar-refractivity contribution in [1.29, 1.82) is 0 Å². The van der Waals surface area contributed by atoms with Crippen LogP contribution in [0.1, 0.15) is 58.3 Å². The molecule has 0 aliphatic heterocycles. The second-order valence-electron chi connectivity index (χ2n) is 7.34. The van der Waals surface area contributed by atoms with Crippen LogP contribution in [0.3, 0.4) is 0 Å². The Balaban J connectivity index is 1.98. The molecule has 0 aromatic rings. The number of rotatable bonds is 1. The maximum atomic E-state index is 10.6. The standard InChI is InChI=1S/C16H25OPS2/c1-14-7-8-15(18,10-19)9-11(14)4-5-13-12(14)3-2-6-16(13,17)20/h10-11,17,20H,2-9,18H2,1H3/t11-,14?,15+,16?/m1/s1. The normalized spacial score (nSPS) is 48.5. The molecule has 4 heteroatoms. The number of hydrogen-bond acceptors (Lipinski definition) is 3. The average Bonchev–Trinajstić information content (AvgIpc) is 2.40. The van der Waals surface area contributed by atoms with Crippen molar-refractivity contribution in [3.05, 3.63) is 11.1 Å². The summed E-state index contributed by atoms with van der Waals surface area (Å²) in [5.41, 5.74) is 3.06. The minimum Gasteiger partial charge on any atom is -0.376 e. The van der Waals surface area contributed by atoms with Crippen LogP contribution in [0.15, 0.2) is 11.1 Å². The van der Waals surface area contributed by atoms with E-state index >= 15 is 0 Å². The summed E-state index contributed by atoms with van der Waals surface area (Å²) in [5.74, 6) is 0.703. The van der Waals surface area contributed by atoms with Crippen LogP contribution in [0.25, 0.3) is 0 Å². The van der Waals surface area contributed by atoms with Gasteiger partial charge in [0.2, 0.25) is 0 Å². The van der Waals surface area contributed by atoms with Crippen LogP contribution in [0.4, 0.5) is 0 Å². The summed E-state index contributed by atoms with van der Waals surface area (Å²) in [5, 5.41) is 12.7. The first kappa shape index (κ1) is 15.5. The molecule has 1 N–H and O–H groups in total. The van der Waals surface area contributed by atoms with Gasteiger partial charge in [-0.2, -0.15) is 0 Å². The molecule has 112 valence electrons. The van der Waals surface area contributed by atoms with Crippen molar-refractivity contribution < 1.29 is 5.11 Å². The molecule has 0 spiro atoms. The topological polar surface area (TPSA) is 20.2 Å². The Kier molecular flexibility index (Phi) is 3.90. The van der Waals surface area contributed by atoms with Gasteiger partial charge >= 0.3 is 0 Å². The molecular formula is C16H25OPS2. The number of thiol groups is 1. The van der Waals surface area contributed by atoms with E-state index in [0.29, 0.717) is 5.92 Å². The predicted octanol–water partition coefficient (Wildman–Crippen LogP) is 4.30. The van der Waals surface area contributed by atoms with Crippen LogP contribution in [0.5, 0.6) is 0 Å². The third-order valence-corrected chi connectivity index (χ3v) is 8.00. The van der Waals surface area contributed by atoms with Gasteiger partial charge < -0.3 is 5.11 Å². The zero-order valence-electron chi connectivity index (χ0n) is 12.2. The van der Waals surface area contributed by atoms with E-state index in [1.54, 1.807) is 0 Å². The number of allylic oxidation sites excluding steroid dienone is 1. The van der Waals surface area contributed by atoms with Crippen LogP contribution in [-0.2, 0) is 0 Å². The van der Waals surface area contributed by atoms with Crippen molar-refractivity contribution in [2.24, 2.45) is 11.3 Å². The van der Waals surface area contributed by atoms with Gasteiger partial charge in [0.25, 0.3) is 0 Å². The minimum atomic E-state index is -0.846. The summed E-state index contributed by atoms with van der Waals surface area (Å²) >= 11 is 9.81. The lowest BCUT2D eigenvalue weighted by Crippen LogP contribution is -2.47. The fraction of sp³-hybridized carbons (Fsp3) is 0.812. The first-order chi connectivity index (χ1) is 9.31. The number of aliphatic hydroxyl groups is 1. The Labute approximate surface area is 135 Å². The number of fused-ring (bicyclic) bond motifs is 2. The van der Waals surface area contributed by atoms with Crippen LogP contribution >= 0.6 is 34.1 Å². The maximum Gasteiger partial charge on any atom is 0.129 e. The Morgan fingerprint density at radius 2 is 2.05 bits per heavy atom. The quantitative estimate of drug-likeness (QED) is 0.246. The third kappa shape index (κ3) is 2.33. The summed E-state index contributed by atoms with van der Waals surface area (Å²) in [7, 11) is 3.00. The van der Waals surface area contributed by atoms with Crippen LogP contribution < -0.4 is 0 Å². The lowest BCUT2D eigenvalue weighted by Gasteiger charge is -2.54. The van der Waals surface area contributed by atoms with E-state index in [1.165, 1.54) is 30.4 Å². The Morgan fingerprint density at radius 1 is 1.30 bits per heavy atom. The molecule has 0 saturated heterocycles. The average molecular weight is 328 g/mol. The summed E-state index contributed by atoms with van der Waals surface area (Å²) in [6.45, 7) is 2.43. The molecule has 0 amide bonds. The molecule has 0 aromatic heterocycles. The van der Waals surface area contributed by atoms with Gasteiger partial charge in [0, 0.05) is 5.16 Å².